The van der Waals surface area contributed by atoms with Crippen LogP contribution >= 0.6 is 28.1 Å². The summed E-state index contributed by atoms with van der Waals surface area (Å²) in [5.74, 6) is 0.911. The highest BCUT2D eigenvalue weighted by Crippen LogP contribution is 2.24. The molecule has 0 aromatic heterocycles. The number of benzene rings is 2. The summed E-state index contributed by atoms with van der Waals surface area (Å²) < 4.78 is 12.1. The van der Waals surface area contributed by atoms with E-state index in [0.717, 1.165) is 22.3 Å². The molecule has 2 aromatic rings. The van der Waals surface area contributed by atoms with Gasteiger partial charge in [-0.25, -0.2) is 0 Å². The Hall–Kier alpha value is -2.12. The van der Waals surface area contributed by atoms with Crippen LogP contribution < -0.4 is 20.1 Å². The van der Waals surface area contributed by atoms with Crippen LogP contribution in [0.4, 0.5) is 5.69 Å². The van der Waals surface area contributed by atoms with Gasteiger partial charge in [0.15, 0.2) is 5.11 Å². The number of carbonyl (C=O) groups is 1. The third-order valence-corrected chi connectivity index (χ3v) is 4.04. The SMILES string of the molecule is CCCOc1ccc(Br)cc1C(=O)NC(=S)Nc1cccc(OC(C)C)c1. The molecular weight excluding hydrogens is 428 g/mol. The van der Waals surface area contributed by atoms with Gasteiger partial charge in [0.1, 0.15) is 11.5 Å². The van der Waals surface area contributed by atoms with Crippen molar-refractivity contribution in [2.24, 2.45) is 0 Å². The van der Waals surface area contributed by atoms with E-state index in [9.17, 15) is 4.79 Å². The summed E-state index contributed by atoms with van der Waals surface area (Å²) in [5, 5.41) is 5.89. The summed E-state index contributed by atoms with van der Waals surface area (Å²) in [6, 6.07) is 12.7. The number of rotatable bonds is 7. The quantitative estimate of drug-likeness (QED) is 0.570. The lowest BCUT2D eigenvalue weighted by atomic mass is 10.2. The highest BCUT2D eigenvalue weighted by molar-refractivity contribution is 9.10. The van der Waals surface area contributed by atoms with Gasteiger partial charge in [0, 0.05) is 16.2 Å². The lowest BCUT2D eigenvalue weighted by molar-refractivity contribution is 0.0973. The van der Waals surface area contributed by atoms with Gasteiger partial charge >= 0.3 is 0 Å². The average molecular weight is 451 g/mol. The van der Waals surface area contributed by atoms with Gasteiger partial charge in [-0.05, 0) is 62.8 Å². The molecule has 0 unspecified atom stereocenters. The van der Waals surface area contributed by atoms with Crippen LogP contribution in [-0.4, -0.2) is 23.7 Å². The van der Waals surface area contributed by atoms with Gasteiger partial charge in [-0.1, -0.05) is 28.9 Å². The number of ether oxygens (including phenoxy) is 2. The van der Waals surface area contributed by atoms with E-state index in [1.807, 2.05) is 51.1 Å². The molecule has 0 radical (unpaired) electrons. The van der Waals surface area contributed by atoms with E-state index in [1.54, 1.807) is 12.1 Å². The Morgan fingerprint density at radius 2 is 2.00 bits per heavy atom. The Morgan fingerprint density at radius 3 is 2.70 bits per heavy atom. The molecule has 5 nitrogen and oxygen atoms in total. The molecule has 1 amide bonds. The molecule has 0 saturated heterocycles. The highest BCUT2D eigenvalue weighted by Gasteiger charge is 2.15. The van der Waals surface area contributed by atoms with Crippen LogP contribution in [-0.2, 0) is 0 Å². The van der Waals surface area contributed by atoms with Gasteiger partial charge in [0.05, 0.1) is 18.3 Å². The van der Waals surface area contributed by atoms with Gasteiger partial charge in [-0.2, -0.15) is 0 Å². The van der Waals surface area contributed by atoms with Gasteiger partial charge in [-0.15, -0.1) is 0 Å². The number of thiocarbonyl (C=S) groups is 1. The zero-order valence-electron chi connectivity index (χ0n) is 15.5. The number of hydrogen-bond acceptors (Lipinski definition) is 4. The molecule has 2 rings (SSSR count). The monoisotopic (exact) mass is 450 g/mol. The minimum absolute atomic E-state index is 0.0740. The van der Waals surface area contributed by atoms with E-state index in [1.165, 1.54) is 0 Å². The van der Waals surface area contributed by atoms with Gasteiger partial charge in [0.2, 0.25) is 0 Å². The van der Waals surface area contributed by atoms with Crippen LogP contribution in [0.2, 0.25) is 0 Å². The van der Waals surface area contributed by atoms with E-state index < -0.39 is 0 Å². The van der Waals surface area contributed by atoms with E-state index in [-0.39, 0.29) is 17.1 Å². The number of halogens is 1. The zero-order chi connectivity index (χ0) is 19.8. The van der Waals surface area contributed by atoms with Crippen LogP contribution in [0.25, 0.3) is 0 Å². The molecule has 0 heterocycles. The van der Waals surface area contributed by atoms with Crippen LogP contribution in [0.5, 0.6) is 11.5 Å². The van der Waals surface area contributed by atoms with E-state index in [0.29, 0.717) is 17.9 Å². The molecule has 0 atom stereocenters. The second kappa shape index (κ2) is 10.3. The minimum Gasteiger partial charge on any atom is -0.493 e. The Bertz CT molecular complexity index is 812. The molecule has 0 bridgehead atoms. The first-order valence-electron chi connectivity index (χ1n) is 8.70. The zero-order valence-corrected chi connectivity index (χ0v) is 17.9. The Kier molecular flexibility index (Phi) is 8.06. The first kappa shape index (κ1) is 21.2. The van der Waals surface area contributed by atoms with Crippen molar-refractivity contribution in [2.75, 3.05) is 11.9 Å². The topological polar surface area (TPSA) is 59.6 Å². The summed E-state index contributed by atoms with van der Waals surface area (Å²) in [4.78, 5) is 12.6. The van der Waals surface area contributed by atoms with Crippen molar-refractivity contribution in [3.8, 4) is 11.5 Å². The highest BCUT2D eigenvalue weighted by atomic mass is 79.9. The van der Waals surface area contributed by atoms with Crippen LogP contribution in [0.3, 0.4) is 0 Å². The largest absolute Gasteiger partial charge is 0.493 e. The molecule has 2 N–H and O–H groups in total. The smallest absolute Gasteiger partial charge is 0.261 e. The van der Waals surface area contributed by atoms with Crippen LogP contribution in [0, 0.1) is 0 Å². The lowest BCUT2D eigenvalue weighted by Crippen LogP contribution is -2.34. The molecule has 0 aliphatic carbocycles. The first-order chi connectivity index (χ1) is 12.9. The van der Waals surface area contributed by atoms with Crippen LogP contribution in [0.15, 0.2) is 46.9 Å². The normalized spacial score (nSPS) is 10.4. The summed E-state index contributed by atoms with van der Waals surface area (Å²) >= 11 is 8.65. The van der Waals surface area contributed by atoms with Crippen molar-refractivity contribution >= 4 is 44.9 Å². The fraction of sp³-hybridized carbons (Fsp3) is 0.300. The summed E-state index contributed by atoms with van der Waals surface area (Å²) in [6.45, 7) is 6.46. The third kappa shape index (κ3) is 6.84. The Balaban J connectivity index is 2.05. The maximum Gasteiger partial charge on any atom is 0.261 e. The van der Waals surface area contributed by atoms with Crippen molar-refractivity contribution in [1.82, 2.24) is 5.32 Å². The molecule has 27 heavy (non-hydrogen) atoms. The van der Waals surface area contributed by atoms with Gasteiger partial charge in [0.25, 0.3) is 5.91 Å². The Morgan fingerprint density at radius 1 is 1.22 bits per heavy atom. The molecule has 0 spiro atoms. The molecule has 0 saturated carbocycles. The number of carbonyl (C=O) groups excluding carboxylic acids is 1. The second-order valence-corrected chi connectivity index (χ2v) is 7.42. The molecule has 0 fully saturated rings. The number of nitrogens with one attached hydrogen (secondary N) is 2. The predicted molar refractivity (Wildman–Crippen MR) is 116 cm³/mol. The third-order valence-electron chi connectivity index (χ3n) is 3.34. The van der Waals surface area contributed by atoms with Crippen molar-refractivity contribution < 1.29 is 14.3 Å². The summed E-state index contributed by atoms with van der Waals surface area (Å²) in [7, 11) is 0. The Labute approximate surface area is 173 Å². The van der Waals surface area contributed by atoms with Gasteiger partial charge < -0.3 is 14.8 Å². The van der Waals surface area contributed by atoms with Crippen molar-refractivity contribution in [2.45, 2.75) is 33.3 Å². The maximum atomic E-state index is 12.6. The lowest BCUT2D eigenvalue weighted by Gasteiger charge is -2.14. The molecule has 0 aliphatic rings. The maximum absolute atomic E-state index is 12.6. The number of amides is 1. The molecule has 144 valence electrons. The average Bonchev–Trinajstić information content (AvgIpc) is 2.60. The minimum atomic E-state index is -0.338. The van der Waals surface area contributed by atoms with E-state index >= 15 is 0 Å². The second-order valence-electron chi connectivity index (χ2n) is 6.09. The first-order valence-corrected chi connectivity index (χ1v) is 9.90. The molecule has 0 aliphatic heterocycles. The molecule has 7 heteroatoms. The van der Waals surface area contributed by atoms with Crippen molar-refractivity contribution in [3.05, 3.63) is 52.5 Å². The summed E-state index contributed by atoms with van der Waals surface area (Å²) in [5.41, 5.74) is 1.15. The standard InChI is InChI=1S/C20H23BrN2O3S/c1-4-10-25-18-9-8-14(21)11-17(18)19(24)23-20(27)22-15-6-5-7-16(12-15)26-13(2)3/h5-9,11-13H,4,10H2,1-3H3,(H2,22,23,24,27). The van der Waals surface area contributed by atoms with Crippen molar-refractivity contribution in [3.63, 3.8) is 0 Å². The van der Waals surface area contributed by atoms with E-state index in [4.69, 9.17) is 21.7 Å². The number of anilines is 1. The fourth-order valence-corrected chi connectivity index (χ4v) is 2.84. The molecule has 2 aromatic carbocycles. The fourth-order valence-electron chi connectivity index (χ4n) is 2.27. The van der Waals surface area contributed by atoms with Crippen molar-refractivity contribution in [1.29, 1.82) is 0 Å². The van der Waals surface area contributed by atoms with Gasteiger partial charge in [-0.3, -0.25) is 10.1 Å². The van der Waals surface area contributed by atoms with E-state index in [2.05, 4.69) is 26.6 Å². The number of hydrogen-bond donors (Lipinski definition) is 2. The van der Waals surface area contributed by atoms with Crippen LogP contribution in [0.1, 0.15) is 37.6 Å². The molecular formula is C20H23BrN2O3S. The summed E-state index contributed by atoms with van der Waals surface area (Å²) in [6.07, 6.45) is 0.927. The predicted octanol–water partition coefficient (Wildman–Crippen LogP) is 5.15.